The maximum atomic E-state index is 12.3. The van der Waals surface area contributed by atoms with E-state index in [4.69, 9.17) is 4.74 Å². The Morgan fingerprint density at radius 2 is 1.95 bits per heavy atom. The van der Waals surface area contributed by atoms with Gasteiger partial charge in [0.1, 0.15) is 6.54 Å². The van der Waals surface area contributed by atoms with Crippen molar-refractivity contribution >= 4 is 43.7 Å². The molecule has 0 saturated carbocycles. The van der Waals surface area contributed by atoms with Gasteiger partial charge in [-0.05, 0) is 48.0 Å². The van der Waals surface area contributed by atoms with Gasteiger partial charge in [0, 0.05) is 15.5 Å². The Morgan fingerprint density at radius 3 is 2.47 bits per heavy atom. The third-order valence-corrected chi connectivity index (χ3v) is 3.61. The average Bonchev–Trinajstić information content (AvgIpc) is 2.35. The Balaban J connectivity index is 2.86. The maximum absolute atomic E-state index is 12.3. The average molecular weight is 393 g/mol. The van der Waals surface area contributed by atoms with E-state index < -0.39 is 5.97 Å². The van der Waals surface area contributed by atoms with E-state index in [0.29, 0.717) is 23.2 Å². The zero-order chi connectivity index (χ0) is 14.4. The minimum Gasteiger partial charge on any atom is -0.465 e. The zero-order valence-corrected chi connectivity index (χ0v) is 14.0. The summed E-state index contributed by atoms with van der Waals surface area (Å²) >= 11 is 6.68. The number of likely N-dealkylation sites (N-methyl/N-ethyl adjacent to an activating group) is 1. The van der Waals surface area contributed by atoms with Crippen molar-refractivity contribution in [1.29, 1.82) is 0 Å². The highest BCUT2D eigenvalue weighted by Crippen LogP contribution is 2.23. The summed E-state index contributed by atoms with van der Waals surface area (Å²) < 4.78 is 6.43. The summed E-state index contributed by atoms with van der Waals surface area (Å²) in [5, 5.41) is 0. The van der Waals surface area contributed by atoms with Crippen molar-refractivity contribution in [2.24, 2.45) is 0 Å². The molecule has 0 unspecified atom stereocenters. The molecule has 1 rings (SSSR count). The van der Waals surface area contributed by atoms with Crippen molar-refractivity contribution in [3.63, 3.8) is 0 Å². The molecule has 1 amide bonds. The normalized spacial score (nSPS) is 10.1. The first-order chi connectivity index (χ1) is 8.99. The lowest BCUT2D eigenvalue weighted by atomic mass is 10.2. The van der Waals surface area contributed by atoms with Crippen LogP contribution in [0, 0.1) is 0 Å². The molecule has 0 heterocycles. The van der Waals surface area contributed by atoms with Gasteiger partial charge in [-0.15, -0.1) is 0 Å². The van der Waals surface area contributed by atoms with Gasteiger partial charge in [-0.1, -0.05) is 15.9 Å². The van der Waals surface area contributed by atoms with Crippen LogP contribution >= 0.6 is 31.9 Å². The van der Waals surface area contributed by atoms with Crippen LogP contribution in [-0.2, 0) is 9.53 Å². The standard InChI is InChI=1S/C13H15Br2NO3/c1-3-16(8-12(17)19-4-2)13(18)10-6-5-9(14)7-11(10)15/h5-7H,3-4,8H2,1-2H3. The van der Waals surface area contributed by atoms with Crippen molar-refractivity contribution < 1.29 is 14.3 Å². The molecule has 0 aliphatic heterocycles. The number of hydrogen-bond donors (Lipinski definition) is 0. The van der Waals surface area contributed by atoms with E-state index in [1.165, 1.54) is 4.90 Å². The van der Waals surface area contributed by atoms with E-state index in [-0.39, 0.29) is 12.5 Å². The highest BCUT2D eigenvalue weighted by atomic mass is 79.9. The van der Waals surface area contributed by atoms with Gasteiger partial charge in [-0.25, -0.2) is 0 Å². The van der Waals surface area contributed by atoms with Gasteiger partial charge in [0.25, 0.3) is 5.91 Å². The largest absolute Gasteiger partial charge is 0.465 e. The molecule has 0 radical (unpaired) electrons. The van der Waals surface area contributed by atoms with Crippen LogP contribution in [0.25, 0.3) is 0 Å². The Kier molecular flexibility index (Phi) is 6.51. The van der Waals surface area contributed by atoms with Crippen molar-refractivity contribution in [2.45, 2.75) is 13.8 Å². The lowest BCUT2D eigenvalue weighted by molar-refractivity contribution is -0.143. The predicted molar refractivity (Wildman–Crippen MR) is 80.1 cm³/mol. The molecule has 0 spiro atoms. The number of benzene rings is 1. The second-order valence-electron chi connectivity index (χ2n) is 3.75. The number of halogens is 2. The molecule has 4 nitrogen and oxygen atoms in total. The van der Waals surface area contributed by atoms with E-state index in [9.17, 15) is 9.59 Å². The molecule has 0 atom stereocenters. The first-order valence-electron chi connectivity index (χ1n) is 5.89. The summed E-state index contributed by atoms with van der Waals surface area (Å²) in [5.74, 6) is -0.596. The number of nitrogens with zero attached hydrogens (tertiary/aromatic N) is 1. The quantitative estimate of drug-likeness (QED) is 0.722. The van der Waals surface area contributed by atoms with Gasteiger partial charge >= 0.3 is 5.97 Å². The zero-order valence-electron chi connectivity index (χ0n) is 10.8. The topological polar surface area (TPSA) is 46.6 Å². The number of carbonyl (C=O) groups is 2. The van der Waals surface area contributed by atoms with E-state index in [2.05, 4.69) is 31.9 Å². The molecule has 19 heavy (non-hydrogen) atoms. The number of esters is 1. The smallest absolute Gasteiger partial charge is 0.325 e. The lowest BCUT2D eigenvalue weighted by Gasteiger charge is -2.20. The van der Waals surface area contributed by atoms with Crippen LogP contribution in [0.3, 0.4) is 0 Å². The van der Waals surface area contributed by atoms with Crippen LogP contribution in [0.15, 0.2) is 27.1 Å². The maximum Gasteiger partial charge on any atom is 0.325 e. The summed E-state index contributed by atoms with van der Waals surface area (Å²) in [7, 11) is 0. The molecule has 1 aromatic rings. The molecule has 0 aromatic heterocycles. The highest BCUT2D eigenvalue weighted by Gasteiger charge is 2.19. The Hall–Kier alpha value is -0.880. The van der Waals surface area contributed by atoms with Crippen molar-refractivity contribution in [3.05, 3.63) is 32.7 Å². The van der Waals surface area contributed by atoms with Crippen LogP contribution in [0.1, 0.15) is 24.2 Å². The van der Waals surface area contributed by atoms with Crippen LogP contribution < -0.4 is 0 Å². The molecule has 0 fully saturated rings. The Morgan fingerprint density at radius 1 is 1.26 bits per heavy atom. The molecule has 0 aliphatic rings. The number of rotatable bonds is 5. The van der Waals surface area contributed by atoms with Gasteiger partial charge in [-0.2, -0.15) is 0 Å². The Labute approximate surface area is 129 Å². The fourth-order valence-electron chi connectivity index (χ4n) is 1.52. The van der Waals surface area contributed by atoms with Gasteiger partial charge in [0.05, 0.1) is 12.2 Å². The molecule has 6 heteroatoms. The SMILES string of the molecule is CCOC(=O)CN(CC)C(=O)c1ccc(Br)cc1Br. The molecule has 104 valence electrons. The van der Waals surface area contributed by atoms with Crippen molar-refractivity contribution in [2.75, 3.05) is 19.7 Å². The third-order valence-electron chi connectivity index (χ3n) is 2.46. The molecule has 0 bridgehead atoms. The van der Waals surface area contributed by atoms with Crippen LogP contribution in [0.4, 0.5) is 0 Å². The molecule has 0 aliphatic carbocycles. The van der Waals surface area contributed by atoms with E-state index in [1.807, 2.05) is 6.92 Å². The summed E-state index contributed by atoms with van der Waals surface area (Å²) in [6.07, 6.45) is 0. The molecule has 0 N–H and O–H groups in total. The second kappa shape index (κ2) is 7.65. The summed E-state index contributed by atoms with van der Waals surface area (Å²) in [6, 6.07) is 5.30. The number of hydrogen-bond acceptors (Lipinski definition) is 3. The minimum absolute atomic E-state index is 0.0360. The van der Waals surface area contributed by atoms with E-state index in [0.717, 1.165) is 4.47 Å². The van der Waals surface area contributed by atoms with Gasteiger partial charge in [-0.3, -0.25) is 9.59 Å². The van der Waals surface area contributed by atoms with Crippen molar-refractivity contribution in [3.8, 4) is 0 Å². The summed E-state index contributed by atoms with van der Waals surface area (Å²) in [4.78, 5) is 25.2. The van der Waals surface area contributed by atoms with E-state index in [1.54, 1.807) is 25.1 Å². The monoisotopic (exact) mass is 391 g/mol. The third kappa shape index (κ3) is 4.62. The minimum atomic E-state index is -0.397. The van der Waals surface area contributed by atoms with Crippen molar-refractivity contribution in [1.82, 2.24) is 4.90 Å². The second-order valence-corrected chi connectivity index (χ2v) is 5.52. The fraction of sp³-hybridized carbons (Fsp3) is 0.385. The first-order valence-corrected chi connectivity index (χ1v) is 7.48. The van der Waals surface area contributed by atoms with E-state index >= 15 is 0 Å². The summed E-state index contributed by atoms with van der Waals surface area (Å²) in [5.41, 5.74) is 0.523. The van der Waals surface area contributed by atoms with Gasteiger partial charge < -0.3 is 9.64 Å². The van der Waals surface area contributed by atoms with Crippen LogP contribution in [0.5, 0.6) is 0 Å². The highest BCUT2D eigenvalue weighted by molar-refractivity contribution is 9.11. The van der Waals surface area contributed by atoms with Crippen LogP contribution in [0.2, 0.25) is 0 Å². The fourth-order valence-corrected chi connectivity index (χ4v) is 2.74. The molecule has 1 aromatic carbocycles. The lowest BCUT2D eigenvalue weighted by Crippen LogP contribution is -2.36. The summed E-state index contributed by atoms with van der Waals surface area (Å²) in [6.45, 7) is 4.28. The Bertz CT molecular complexity index is 477. The molecular weight excluding hydrogens is 378 g/mol. The first kappa shape index (κ1) is 16.2. The van der Waals surface area contributed by atoms with Gasteiger partial charge in [0.2, 0.25) is 0 Å². The van der Waals surface area contributed by atoms with Gasteiger partial charge in [0.15, 0.2) is 0 Å². The number of amides is 1. The molecular formula is C13H15Br2NO3. The van der Waals surface area contributed by atoms with Crippen LogP contribution in [-0.4, -0.2) is 36.5 Å². The number of carbonyl (C=O) groups excluding carboxylic acids is 2. The number of ether oxygens (including phenoxy) is 1. The molecule has 0 saturated heterocycles. The predicted octanol–water partition coefficient (Wildman–Crippen LogP) is 3.24.